The van der Waals surface area contributed by atoms with Crippen LogP contribution in [0.15, 0.2) is 68.8 Å². The number of hydrogen-bond acceptors (Lipinski definition) is 6. The molecule has 0 aromatic heterocycles. The minimum Gasteiger partial charge on any atom is -0.497 e. The highest BCUT2D eigenvalue weighted by molar-refractivity contribution is 8.19. The lowest BCUT2D eigenvalue weighted by Crippen LogP contribution is -2.31. The molecule has 0 radical (unpaired) electrons. The highest BCUT2D eigenvalue weighted by Crippen LogP contribution is 2.34. The molecule has 1 aliphatic heterocycles. The Hall–Kier alpha value is -2.62. The van der Waals surface area contributed by atoms with E-state index < -0.39 is 10.0 Å². The average molecular weight is 447 g/mol. The number of rotatable bonds is 8. The number of amidine groups is 1. The molecule has 2 aromatic rings. The van der Waals surface area contributed by atoms with E-state index in [-0.39, 0.29) is 16.0 Å². The van der Waals surface area contributed by atoms with Crippen molar-refractivity contribution in [2.45, 2.75) is 11.3 Å². The van der Waals surface area contributed by atoms with Crippen LogP contribution in [0.25, 0.3) is 6.08 Å². The van der Waals surface area contributed by atoms with Crippen molar-refractivity contribution < 1.29 is 22.7 Å². The SMILES string of the molecule is COCCCN1C(=O)/C(=C/c2ccc(OC)cc2)S/C1=N/S(=O)(=O)c1ccccc1. The van der Waals surface area contributed by atoms with E-state index in [9.17, 15) is 13.2 Å². The molecule has 0 unspecified atom stereocenters. The van der Waals surface area contributed by atoms with E-state index in [1.807, 2.05) is 12.1 Å². The van der Waals surface area contributed by atoms with E-state index in [1.54, 1.807) is 50.6 Å². The summed E-state index contributed by atoms with van der Waals surface area (Å²) in [5.74, 6) is 0.425. The molecule has 0 saturated carbocycles. The molecule has 0 N–H and O–H groups in total. The molecular weight excluding hydrogens is 424 g/mol. The maximum absolute atomic E-state index is 13.0. The molecule has 0 aliphatic carbocycles. The smallest absolute Gasteiger partial charge is 0.284 e. The molecule has 2 aromatic carbocycles. The monoisotopic (exact) mass is 446 g/mol. The summed E-state index contributed by atoms with van der Waals surface area (Å²) >= 11 is 1.05. The first-order valence-electron chi connectivity index (χ1n) is 9.19. The largest absolute Gasteiger partial charge is 0.497 e. The summed E-state index contributed by atoms with van der Waals surface area (Å²) in [6, 6.07) is 15.2. The predicted molar refractivity (Wildman–Crippen MR) is 118 cm³/mol. The van der Waals surface area contributed by atoms with Crippen molar-refractivity contribution in [1.29, 1.82) is 0 Å². The van der Waals surface area contributed by atoms with Gasteiger partial charge in [0.15, 0.2) is 5.17 Å². The van der Waals surface area contributed by atoms with Gasteiger partial charge in [-0.15, -0.1) is 4.40 Å². The molecule has 9 heteroatoms. The van der Waals surface area contributed by atoms with Crippen molar-refractivity contribution in [3.05, 3.63) is 65.1 Å². The van der Waals surface area contributed by atoms with Crippen LogP contribution < -0.4 is 4.74 Å². The zero-order valence-electron chi connectivity index (χ0n) is 16.6. The second-order valence-electron chi connectivity index (χ2n) is 6.35. The third-order valence-electron chi connectivity index (χ3n) is 4.27. The first-order valence-corrected chi connectivity index (χ1v) is 11.4. The molecule has 1 aliphatic rings. The van der Waals surface area contributed by atoms with Gasteiger partial charge in [0.2, 0.25) is 0 Å². The molecular formula is C21H22N2O5S2. The molecule has 0 spiro atoms. The van der Waals surface area contributed by atoms with E-state index >= 15 is 0 Å². The number of thioether (sulfide) groups is 1. The minimum absolute atomic E-state index is 0.0787. The fourth-order valence-electron chi connectivity index (χ4n) is 2.74. The van der Waals surface area contributed by atoms with Crippen LogP contribution in [-0.2, 0) is 19.6 Å². The van der Waals surface area contributed by atoms with Gasteiger partial charge in [0.25, 0.3) is 15.9 Å². The summed E-state index contributed by atoms with van der Waals surface area (Å²) in [4.78, 5) is 14.8. The summed E-state index contributed by atoms with van der Waals surface area (Å²) in [7, 11) is -0.783. The maximum atomic E-state index is 13.0. The van der Waals surface area contributed by atoms with Crippen molar-refractivity contribution in [3.8, 4) is 5.75 Å². The van der Waals surface area contributed by atoms with Gasteiger partial charge in [-0.1, -0.05) is 30.3 Å². The maximum Gasteiger partial charge on any atom is 0.284 e. The molecule has 3 rings (SSSR count). The van der Waals surface area contributed by atoms with E-state index in [0.717, 1.165) is 17.3 Å². The molecule has 158 valence electrons. The highest BCUT2D eigenvalue weighted by Gasteiger charge is 2.34. The van der Waals surface area contributed by atoms with Crippen LogP contribution in [0.1, 0.15) is 12.0 Å². The lowest BCUT2D eigenvalue weighted by Gasteiger charge is -2.15. The van der Waals surface area contributed by atoms with Gasteiger partial charge in [-0.25, -0.2) is 0 Å². The van der Waals surface area contributed by atoms with Gasteiger partial charge in [0, 0.05) is 20.3 Å². The number of methoxy groups -OCH3 is 2. The lowest BCUT2D eigenvalue weighted by atomic mass is 10.2. The van der Waals surface area contributed by atoms with E-state index in [4.69, 9.17) is 9.47 Å². The fourth-order valence-corrected chi connectivity index (χ4v) is 4.97. The van der Waals surface area contributed by atoms with E-state index in [1.165, 1.54) is 17.0 Å². The van der Waals surface area contributed by atoms with Crippen molar-refractivity contribution in [2.75, 3.05) is 27.4 Å². The van der Waals surface area contributed by atoms with Gasteiger partial charge < -0.3 is 9.47 Å². The van der Waals surface area contributed by atoms with E-state index in [2.05, 4.69) is 4.40 Å². The molecule has 1 heterocycles. The van der Waals surface area contributed by atoms with Crippen LogP contribution in [0.3, 0.4) is 0 Å². The third kappa shape index (κ3) is 5.29. The zero-order valence-corrected chi connectivity index (χ0v) is 18.3. The van der Waals surface area contributed by atoms with Crippen LogP contribution in [0, 0.1) is 0 Å². The highest BCUT2D eigenvalue weighted by atomic mass is 32.2. The van der Waals surface area contributed by atoms with E-state index in [0.29, 0.717) is 30.2 Å². The first-order chi connectivity index (χ1) is 14.4. The van der Waals surface area contributed by atoms with Gasteiger partial charge in [-0.2, -0.15) is 8.42 Å². The molecule has 1 saturated heterocycles. The topological polar surface area (TPSA) is 85.3 Å². The van der Waals surface area contributed by atoms with Crippen LogP contribution >= 0.6 is 11.8 Å². The number of nitrogens with zero attached hydrogens (tertiary/aromatic N) is 2. The molecule has 1 fully saturated rings. The van der Waals surface area contributed by atoms with Crippen molar-refractivity contribution in [1.82, 2.24) is 4.90 Å². The fraction of sp³-hybridized carbons (Fsp3) is 0.238. The summed E-state index contributed by atoms with van der Waals surface area (Å²) in [6.07, 6.45) is 2.27. The third-order valence-corrected chi connectivity index (χ3v) is 6.67. The number of carbonyl (C=O) groups excluding carboxylic acids is 1. The van der Waals surface area contributed by atoms with Crippen molar-refractivity contribution in [3.63, 3.8) is 0 Å². The summed E-state index contributed by atoms with van der Waals surface area (Å²) in [5.41, 5.74) is 0.802. The van der Waals surface area contributed by atoms with Gasteiger partial charge >= 0.3 is 0 Å². The standard InChI is InChI=1S/C21H22N2O5S2/c1-27-14-6-13-23-20(24)19(15-16-9-11-17(28-2)12-10-16)29-21(23)22-30(25,26)18-7-4-3-5-8-18/h3-5,7-12,15H,6,13-14H2,1-2H3/b19-15-,22-21+. The number of carbonyl (C=O) groups is 1. The molecule has 0 atom stereocenters. The molecule has 0 bridgehead atoms. The Balaban J connectivity index is 1.93. The number of ether oxygens (including phenoxy) is 2. The molecule has 1 amide bonds. The normalized spacial score (nSPS) is 17.1. The van der Waals surface area contributed by atoms with Gasteiger partial charge in [-0.05, 0) is 54.1 Å². The Morgan fingerprint density at radius 1 is 1.07 bits per heavy atom. The van der Waals surface area contributed by atoms with Gasteiger partial charge in [-0.3, -0.25) is 9.69 Å². The van der Waals surface area contributed by atoms with Gasteiger partial charge in [0.05, 0.1) is 16.9 Å². The molecule has 30 heavy (non-hydrogen) atoms. The lowest BCUT2D eigenvalue weighted by molar-refractivity contribution is -0.122. The van der Waals surface area contributed by atoms with Crippen LogP contribution in [0.2, 0.25) is 0 Å². The van der Waals surface area contributed by atoms with Crippen LogP contribution in [0.4, 0.5) is 0 Å². The Morgan fingerprint density at radius 3 is 2.40 bits per heavy atom. The van der Waals surface area contributed by atoms with Gasteiger partial charge in [0.1, 0.15) is 5.75 Å². The number of hydrogen-bond donors (Lipinski definition) is 0. The average Bonchev–Trinajstić information content (AvgIpc) is 3.03. The number of amides is 1. The quantitative estimate of drug-likeness (QED) is 0.456. The first kappa shape index (κ1) is 22.1. The number of sulfonamides is 1. The Kier molecular flexibility index (Phi) is 7.30. The van der Waals surface area contributed by atoms with Crippen LogP contribution in [-0.4, -0.2) is 51.8 Å². The molecule has 7 nitrogen and oxygen atoms in total. The predicted octanol–water partition coefficient (Wildman–Crippen LogP) is 3.39. The van der Waals surface area contributed by atoms with Crippen LogP contribution in [0.5, 0.6) is 5.75 Å². The van der Waals surface area contributed by atoms with Crippen molar-refractivity contribution in [2.24, 2.45) is 4.40 Å². The number of benzene rings is 2. The Labute approximate surface area is 180 Å². The summed E-state index contributed by atoms with van der Waals surface area (Å²) < 4.78 is 39.6. The van der Waals surface area contributed by atoms with Crippen molar-refractivity contribution >= 4 is 38.9 Å². The summed E-state index contributed by atoms with van der Waals surface area (Å²) in [6.45, 7) is 0.757. The Bertz CT molecular complexity index is 1050. The minimum atomic E-state index is -3.94. The second-order valence-corrected chi connectivity index (χ2v) is 8.96. The summed E-state index contributed by atoms with van der Waals surface area (Å²) in [5, 5.41) is 0.139. The Morgan fingerprint density at radius 2 is 1.77 bits per heavy atom. The second kappa shape index (κ2) is 9.92. The zero-order chi connectivity index (χ0) is 21.6.